The van der Waals surface area contributed by atoms with Crippen LogP contribution in [-0.2, 0) is 0 Å². The van der Waals surface area contributed by atoms with Gasteiger partial charge >= 0.3 is 0 Å². The molecule has 1 amide bonds. The molecule has 3 heterocycles. The lowest BCUT2D eigenvalue weighted by Gasteiger charge is -2.29. The fourth-order valence-corrected chi connectivity index (χ4v) is 2.26. The molecule has 0 atom stereocenters. The Morgan fingerprint density at radius 3 is 3.05 bits per heavy atom. The number of carbonyl (C=O) groups is 1. The molecule has 1 aliphatic heterocycles. The summed E-state index contributed by atoms with van der Waals surface area (Å²) in [5.41, 5.74) is 2.10. The van der Waals surface area contributed by atoms with Gasteiger partial charge in [0.15, 0.2) is 5.65 Å². The first-order valence-electron chi connectivity index (χ1n) is 6.14. The van der Waals surface area contributed by atoms with E-state index in [1.165, 1.54) is 0 Å². The van der Waals surface area contributed by atoms with Crippen molar-refractivity contribution < 1.29 is 4.79 Å². The molecule has 4 rings (SSSR count). The average Bonchev–Trinajstić information content (AvgIpc) is 2.95. The van der Waals surface area contributed by atoms with Gasteiger partial charge in [0.05, 0.1) is 24.1 Å². The number of hydrogen-bond acceptors (Lipinski definition) is 5. The Morgan fingerprint density at radius 1 is 1.20 bits per heavy atom. The van der Waals surface area contributed by atoms with Crippen LogP contribution in [0.15, 0.2) is 42.9 Å². The van der Waals surface area contributed by atoms with Gasteiger partial charge in [-0.05, 0) is 12.1 Å². The number of nitrogens with one attached hydrogen (secondary N) is 1. The monoisotopic (exact) mass is 266 g/mol. The lowest BCUT2D eigenvalue weighted by Crippen LogP contribution is -2.41. The van der Waals surface area contributed by atoms with Gasteiger partial charge in [-0.3, -0.25) is 9.69 Å². The molecule has 7 nitrogen and oxygen atoms in total. The van der Waals surface area contributed by atoms with Crippen LogP contribution in [-0.4, -0.2) is 32.2 Å². The highest BCUT2D eigenvalue weighted by Crippen LogP contribution is 2.27. The van der Waals surface area contributed by atoms with Crippen LogP contribution in [0.2, 0.25) is 0 Å². The van der Waals surface area contributed by atoms with Crippen molar-refractivity contribution in [1.82, 2.24) is 24.9 Å². The van der Waals surface area contributed by atoms with E-state index in [9.17, 15) is 4.79 Å². The number of carbonyl (C=O) groups excluding carboxylic acids is 1. The first-order chi connectivity index (χ1) is 9.83. The van der Waals surface area contributed by atoms with E-state index in [0.717, 1.165) is 5.69 Å². The van der Waals surface area contributed by atoms with Crippen LogP contribution in [0.4, 0.5) is 11.6 Å². The van der Waals surface area contributed by atoms with Crippen LogP contribution in [0.25, 0.3) is 5.65 Å². The molecule has 0 saturated heterocycles. The van der Waals surface area contributed by atoms with Gasteiger partial charge in [0.2, 0.25) is 5.95 Å². The summed E-state index contributed by atoms with van der Waals surface area (Å²) in [5, 5.41) is 7.21. The number of benzene rings is 1. The molecular formula is C13H10N6O. The fourth-order valence-electron chi connectivity index (χ4n) is 2.26. The average molecular weight is 266 g/mol. The second-order valence-corrected chi connectivity index (χ2v) is 4.40. The van der Waals surface area contributed by atoms with Crippen LogP contribution in [0.5, 0.6) is 0 Å². The minimum absolute atomic E-state index is 0.0828. The molecular weight excluding hydrogens is 256 g/mol. The molecule has 0 radical (unpaired) electrons. The molecule has 98 valence electrons. The second kappa shape index (κ2) is 4.02. The summed E-state index contributed by atoms with van der Waals surface area (Å²) in [7, 11) is 0. The smallest absolute Gasteiger partial charge is 0.254 e. The van der Waals surface area contributed by atoms with Gasteiger partial charge in [-0.15, -0.1) is 5.10 Å². The number of imidazole rings is 1. The number of amides is 1. The molecule has 0 fully saturated rings. The third-order valence-electron chi connectivity index (χ3n) is 3.22. The van der Waals surface area contributed by atoms with Crippen LogP contribution in [0.3, 0.4) is 0 Å². The number of nitrogens with zero attached hydrogens (tertiary/aromatic N) is 5. The van der Waals surface area contributed by atoms with Crippen molar-refractivity contribution in [2.24, 2.45) is 0 Å². The number of hydrogen-bond donors (Lipinski definition) is 1. The lowest BCUT2D eigenvalue weighted by molar-refractivity contribution is 0.0949. The lowest BCUT2D eigenvalue weighted by atomic mass is 10.1. The molecule has 3 aromatic rings. The summed E-state index contributed by atoms with van der Waals surface area (Å²) in [5.74, 6) is 0.434. The summed E-state index contributed by atoms with van der Waals surface area (Å²) >= 11 is 0. The molecule has 1 aliphatic rings. The van der Waals surface area contributed by atoms with Gasteiger partial charge in [-0.25, -0.2) is 14.5 Å². The minimum atomic E-state index is -0.0828. The standard InChI is InChI=1S/C13H10N6O/c20-12-9-3-1-2-4-10(9)18(8-16-12)13-15-7-11-14-5-6-19(11)17-13/h1-7H,8H2,(H,16,20). The van der Waals surface area contributed by atoms with E-state index in [0.29, 0.717) is 23.8 Å². The molecule has 0 aliphatic carbocycles. The third kappa shape index (κ3) is 1.53. The largest absolute Gasteiger partial charge is 0.334 e. The van der Waals surface area contributed by atoms with Gasteiger partial charge in [0.1, 0.15) is 0 Å². The number of para-hydroxylation sites is 1. The fraction of sp³-hybridized carbons (Fsp3) is 0.0769. The molecule has 7 heteroatoms. The first kappa shape index (κ1) is 10.9. The maximum absolute atomic E-state index is 11.8. The summed E-state index contributed by atoms with van der Waals surface area (Å²) in [6.45, 7) is 0.343. The van der Waals surface area contributed by atoms with Gasteiger partial charge < -0.3 is 5.32 Å². The summed E-state index contributed by atoms with van der Waals surface area (Å²) in [4.78, 5) is 22.1. The maximum atomic E-state index is 11.8. The van der Waals surface area contributed by atoms with Gasteiger partial charge in [-0.1, -0.05) is 12.1 Å². The van der Waals surface area contributed by atoms with Crippen LogP contribution < -0.4 is 10.2 Å². The SMILES string of the molecule is O=C1NCN(c2ncc3nccn3n2)c2ccccc21. The summed E-state index contributed by atoms with van der Waals surface area (Å²) in [6, 6.07) is 7.39. The van der Waals surface area contributed by atoms with E-state index in [4.69, 9.17) is 0 Å². The van der Waals surface area contributed by atoms with Crippen molar-refractivity contribution in [2.45, 2.75) is 0 Å². The Balaban J connectivity index is 1.86. The zero-order chi connectivity index (χ0) is 13.5. The van der Waals surface area contributed by atoms with E-state index >= 15 is 0 Å². The predicted molar refractivity (Wildman–Crippen MR) is 71.7 cm³/mol. The van der Waals surface area contributed by atoms with E-state index in [2.05, 4.69) is 20.4 Å². The maximum Gasteiger partial charge on any atom is 0.254 e. The van der Waals surface area contributed by atoms with Crippen molar-refractivity contribution in [3.05, 3.63) is 48.4 Å². The Bertz CT molecular complexity index is 811. The number of rotatable bonds is 1. The van der Waals surface area contributed by atoms with Gasteiger partial charge in [0, 0.05) is 12.4 Å². The van der Waals surface area contributed by atoms with E-state index in [1.54, 1.807) is 29.2 Å². The van der Waals surface area contributed by atoms with Crippen molar-refractivity contribution in [3.8, 4) is 0 Å². The van der Waals surface area contributed by atoms with E-state index < -0.39 is 0 Å². The highest BCUT2D eigenvalue weighted by Gasteiger charge is 2.24. The van der Waals surface area contributed by atoms with Crippen molar-refractivity contribution in [3.63, 3.8) is 0 Å². The quantitative estimate of drug-likeness (QED) is 0.710. The van der Waals surface area contributed by atoms with Crippen LogP contribution >= 0.6 is 0 Å². The highest BCUT2D eigenvalue weighted by atomic mass is 16.2. The molecule has 0 spiro atoms. The Labute approximate surface area is 113 Å². The second-order valence-electron chi connectivity index (χ2n) is 4.40. The molecule has 1 aromatic carbocycles. The molecule has 1 N–H and O–H groups in total. The Morgan fingerprint density at radius 2 is 2.10 bits per heavy atom. The van der Waals surface area contributed by atoms with Crippen molar-refractivity contribution in [1.29, 1.82) is 0 Å². The van der Waals surface area contributed by atoms with E-state index in [-0.39, 0.29) is 5.91 Å². The van der Waals surface area contributed by atoms with E-state index in [1.807, 2.05) is 23.1 Å². The highest BCUT2D eigenvalue weighted by molar-refractivity contribution is 6.02. The Hall–Kier alpha value is -2.96. The van der Waals surface area contributed by atoms with Crippen LogP contribution in [0.1, 0.15) is 10.4 Å². The van der Waals surface area contributed by atoms with Gasteiger partial charge in [-0.2, -0.15) is 0 Å². The zero-order valence-corrected chi connectivity index (χ0v) is 10.4. The van der Waals surface area contributed by atoms with Gasteiger partial charge in [0.25, 0.3) is 5.91 Å². The first-order valence-corrected chi connectivity index (χ1v) is 6.14. The predicted octanol–water partition coefficient (Wildman–Crippen LogP) is 0.963. The normalized spacial score (nSPS) is 14.2. The summed E-state index contributed by atoms with van der Waals surface area (Å²) < 4.78 is 1.65. The topological polar surface area (TPSA) is 75.4 Å². The van der Waals surface area contributed by atoms with Crippen molar-refractivity contribution >= 4 is 23.2 Å². The molecule has 0 saturated carbocycles. The molecule has 20 heavy (non-hydrogen) atoms. The zero-order valence-electron chi connectivity index (χ0n) is 10.4. The van der Waals surface area contributed by atoms with Crippen molar-refractivity contribution in [2.75, 3.05) is 11.6 Å². The summed E-state index contributed by atoms with van der Waals surface area (Å²) in [6.07, 6.45) is 5.08. The van der Waals surface area contributed by atoms with Crippen LogP contribution in [0, 0.1) is 0 Å². The third-order valence-corrected chi connectivity index (χ3v) is 3.22. The number of anilines is 2. The molecule has 0 bridgehead atoms. The molecule has 0 unspecified atom stereocenters. The number of aromatic nitrogens is 4. The minimum Gasteiger partial charge on any atom is -0.334 e. The number of fused-ring (bicyclic) bond motifs is 2. The molecule has 2 aromatic heterocycles. The Kier molecular flexibility index (Phi) is 2.19.